The molecule has 0 radical (unpaired) electrons. The molecule has 0 aromatic heterocycles. The van der Waals surface area contributed by atoms with E-state index in [4.69, 9.17) is 0 Å². The fourth-order valence-corrected chi connectivity index (χ4v) is 5.19. The molecule has 21 heavy (non-hydrogen) atoms. The quantitative estimate of drug-likeness (QED) is 0.775. The van der Waals surface area contributed by atoms with E-state index in [1.807, 2.05) is 11.8 Å². The van der Waals surface area contributed by atoms with E-state index in [2.05, 4.69) is 0 Å². The van der Waals surface area contributed by atoms with Gasteiger partial charge in [0.25, 0.3) is 0 Å². The van der Waals surface area contributed by atoms with E-state index < -0.39 is 17.5 Å². The number of halogens is 3. The van der Waals surface area contributed by atoms with Crippen LogP contribution in [0.5, 0.6) is 0 Å². The molecule has 2 atom stereocenters. The second kappa shape index (κ2) is 6.03. The largest absolute Gasteiger partial charge is 0.299 e. The van der Waals surface area contributed by atoms with E-state index in [1.54, 1.807) is 0 Å². The topological polar surface area (TPSA) is 17.1 Å². The number of hydrogen-bond acceptors (Lipinski definition) is 2. The Kier molecular flexibility index (Phi) is 4.29. The smallest absolute Gasteiger partial charge is 0.194 e. The van der Waals surface area contributed by atoms with Crippen LogP contribution in [0.25, 0.3) is 0 Å². The molecule has 3 rings (SSSR count). The summed E-state index contributed by atoms with van der Waals surface area (Å²) in [4.78, 5) is 12.4. The molecule has 2 bridgehead atoms. The third kappa shape index (κ3) is 3.12. The van der Waals surface area contributed by atoms with Crippen molar-refractivity contribution >= 4 is 17.5 Å². The van der Waals surface area contributed by atoms with Crippen molar-refractivity contribution in [2.24, 2.45) is 5.92 Å². The molecular formula is C16H17F3OS. The van der Waals surface area contributed by atoms with Gasteiger partial charge in [0.1, 0.15) is 5.78 Å². The Labute approximate surface area is 126 Å². The summed E-state index contributed by atoms with van der Waals surface area (Å²) in [6.07, 6.45) is 5.05. The molecule has 0 aliphatic carbocycles. The molecule has 1 aromatic rings. The Hall–Kier alpha value is -0.970. The third-order valence-corrected chi connectivity index (χ3v) is 6.09. The van der Waals surface area contributed by atoms with Gasteiger partial charge in [-0.05, 0) is 37.3 Å². The summed E-state index contributed by atoms with van der Waals surface area (Å²) in [7, 11) is 0. The summed E-state index contributed by atoms with van der Waals surface area (Å²) in [6.45, 7) is 0. The minimum Gasteiger partial charge on any atom is -0.299 e. The fraction of sp³-hybridized carbons (Fsp3) is 0.562. The first kappa shape index (κ1) is 14.9. The highest BCUT2D eigenvalue weighted by Gasteiger charge is 2.35. The minimum absolute atomic E-state index is 0.0396. The van der Waals surface area contributed by atoms with Crippen molar-refractivity contribution < 1.29 is 18.0 Å². The maximum Gasteiger partial charge on any atom is 0.194 e. The molecule has 1 aromatic carbocycles. The van der Waals surface area contributed by atoms with Crippen LogP contribution in [0.4, 0.5) is 13.2 Å². The molecule has 2 aliphatic heterocycles. The lowest BCUT2D eigenvalue weighted by atomic mass is 9.84. The number of carbonyl (C=O) groups is 1. The molecule has 2 unspecified atom stereocenters. The van der Waals surface area contributed by atoms with Crippen molar-refractivity contribution in [3.63, 3.8) is 0 Å². The molecular weight excluding hydrogens is 297 g/mol. The van der Waals surface area contributed by atoms with Crippen LogP contribution >= 0.6 is 11.8 Å². The molecule has 1 nitrogen and oxygen atoms in total. The first-order valence-corrected chi connectivity index (χ1v) is 8.29. The summed E-state index contributed by atoms with van der Waals surface area (Å²) in [5.74, 6) is -4.04. The number of carbonyl (C=O) groups excluding carboxylic acids is 1. The lowest BCUT2D eigenvalue weighted by molar-refractivity contribution is -0.122. The van der Waals surface area contributed by atoms with Crippen molar-refractivity contribution in [3.8, 4) is 0 Å². The second-order valence-electron chi connectivity index (χ2n) is 5.96. The Morgan fingerprint density at radius 1 is 1.10 bits per heavy atom. The highest BCUT2D eigenvalue weighted by atomic mass is 32.2. The average molecular weight is 314 g/mol. The van der Waals surface area contributed by atoms with Crippen molar-refractivity contribution in [2.75, 3.05) is 0 Å². The minimum atomic E-state index is -1.49. The zero-order chi connectivity index (χ0) is 15.0. The summed E-state index contributed by atoms with van der Waals surface area (Å²) >= 11 is 1.97. The first-order chi connectivity index (χ1) is 10.0. The highest BCUT2D eigenvalue weighted by Crippen LogP contribution is 2.44. The number of hydrogen-bond donors (Lipinski definition) is 0. The average Bonchev–Trinajstić information content (AvgIpc) is 2.47. The van der Waals surface area contributed by atoms with E-state index in [0.29, 0.717) is 10.5 Å². The zero-order valence-corrected chi connectivity index (χ0v) is 12.4. The standard InChI is InChI=1S/C16H17F3OS/c17-13-5-4-9(15(18)16(13)19)8-14(20)10-6-11-2-1-3-12(7-10)21-11/h4-5,10-12H,1-3,6-8H2. The number of benzene rings is 1. The number of rotatable bonds is 3. The summed E-state index contributed by atoms with van der Waals surface area (Å²) in [5.41, 5.74) is -0.0396. The maximum atomic E-state index is 13.6. The molecule has 0 amide bonds. The van der Waals surface area contributed by atoms with Gasteiger partial charge in [0.2, 0.25) is 0 Å². The normalized spacial score (nSPS) is 28.4. The Morgan fingerprint density at radius 3 is 2.43 bits per heavy atom. The predicted molar refractivity (Wildman–Crippen MR) is 76.8 cm³/mol. The Bertz CT molecular complexity index is 549. The van der Waals surface area contributed by atoms with Crippen LogP contribution in [0.15, 0.2) is 12.1 Å². The lowest BCUT2D eigenvalue weighted by Crippen LogP contribution is -2.33. The molecule has 5 heteroatoms. The fourth-order valence-electron chi connectivity index (χ4n) is 3.36. The monoisotopic (exact) mass is 314 g/mol. The molecule has 0 spiro atoms. The highest BCUT2D eigenvalue weighted by molar-refractivity contribution is 8.00. The Balaban J connectivity index is 1.70. The van der Waals surface area contributed by atoms with Crippen molar-refractivity contribution in [3.05, 3.63) is 35.1 Å². The molecule has 2 heterocycles. The van der Waals surface area contributed by atoms with E-state index in [9.17, 15) is 18.0 Å². The van der Waals surface area contributed by atoms with Crippen molar-refractivity contribution in [1.82, 2.24) is 0 Å². The predicted octanol–water partition coefficient (Wildman–Crippen LogP) is 4.28. The SMILES string of the molecule is O=C(Cc1ccc(F)c(F)c1F)C1CC2CCCC(C1)S2. The van der Waals surface area contributed by atoms with Crippen LogP contribution in [0.3, 0.4) is 0 Å². The van der Waals surface area contributed by atoms with Crippen molar-refractivity contribution in [2.45, 2.75) is 49.0 Å². The van der Waals surface area contributed by atoms with Gasteiger partial charge in [0, 0.05) is 22.8 Å². The van der Waals surface area contributed by atoms with E-state index in [1.165, 1.54) is 12.5 Å². The van der Waals surface area contributed by atoms with E-state index >= 15 is 0 Å². The van der Waals surface area contributed by atoms with E-state index in [-0.39, 0.29) is 23.7 Å². The van der Waals surface area contributed by atoms with Crippen LogP contribution < -0.4 is 0 Å². The second-order valence-corrected chi connectivity index (χ2v) is 7.56. The number of thioether (sulfide) groups is 1. The number of fused-ring (bicyclic) bond motifs is 2. The first-order valence-electron chi connectivity index (χ1n) is 7.35. The Morgan fingerprint density at radius 2 is 1.76 bits per heavy atom. The van der Waals surface area contributed by atoms with Gasteiger partial charge in [-0.3, -0.25) is 4.79 Å². The van der Waals surface area contributed by atoms with Gasteiger partial charge in [0.05, 0.1) is 0 Å². The molecule has 0 N–H and O–H groups in total. The van der Waals surface area contributed by atoms with Gasteiger partial charge in [-0.15, -0.1) is 0 Å². The van der Waals surface area contributed by atoms with Gasteiger partial charge < -0.3 is 0 Å². The zero-order valence-electron chi connectivity index (χ0n) is 11.6. The van der Waals surface area contributed by atoms with Crippen LogP contribution in [-0.4, -0.2) is 16.3 Å². The van der Waals surface area contributed by atoms with Gasteiger partial charge in [-0.25, -0.2) is 13.2 Å². The maximum absolute atomic E-state index is 13.6. The van der Waals surface area contributed by atoms with Crippen LogP contribution in [-0.2, 0) is 11.2 Å². The molecule has 0 saturated carbocycles. The molecule has 114 valence electrons. The van der Waals surface area contributed by atoms with Gasteiger partial charge in [0.15, 0.2) is 17.5 Å². The number of ketones is 1. The van der Waals surface area contributed by atoms with Crippen molar-refractivity contribution in [1.29, 1.82) is 0 Å². The van der Waals surface area contributed by atoms with Gasteiger partial charge in [-0.2, -0.15) is 11.8 Å². The molecule has 2 saturated heterocycles. The van der Waals surface area contributed by atoms with Crippen LogP contribution in [0.2, 0.25) is 0 Å². The number of Topliss-reactive ketones (excluding diaryl/α,β-unsaturated/α-hetero) is 1. The lowest BCUT2D eigenvalue weighted by Gasteiger charge is -2.38. The molecule has 2 fully saturated rings. The third-order valence-electron chi connectivity index (χ3n) is 4.47. The van der Waals surface area contributed by atoms with Gasteiger partial charge >= 0.3 is 0 Å². The summed E-state index contributed by atoms with van der Waals surface area (Å²) < 4.78 is 39.8. The summed E-state index contributed by atoms with van der Waals surface area (Å²) in [6, 6.07) is 2.05. The van der Waals surface area contributed by atoms with Gasteiger partial charge in [-0.1, -0.05) is 12.5 Å². The summed E-state index contributed by atoms with van der Waals surface area (Å²) in [5, 5.41) is 1.06. The van der Waals surface area contributed by atoms with Crippen LogP contribution in [0.1, 0.15) is 37.7 Å². The van der Waals surface area contributed by atoms with Crippen LogP contribution in [0, 0.1) is 23.4 Å². The molecule has 2 aliphatic rings. The van der Waals surface area contributed by atoms with E-state index in [0.717, 1.165) is 31.7 Å².